The van der Waals surface area contributed by atoms with E-state index in [2.05, 4.69) is 129 Å². The molecule has 5 aromatic carbocycles. The maximum Gasteiger partial charge on any atom is 0.294 e. The Labute approximate surface area is 630 Å². The summed E-state index contributed by atoms with van der Waals surface area (Å²) in [5.74, 6) is 3.16. The van der Waals surface area contributed by atoms with E-state index < -0.39 is 24.4 Å². The second kappa shape index (κ2) is 35.2. The number of piperidine rings is 2. The molecule has 6 N–H and O–H groups in total. The first-order chi connectivity index (χ1) is 49.5. The number of nitrogens with two attached hydrogens (primary N) is 1. The van der Waals surface area contributed by atoms with Crippen LogP contribution in [-0.2, 0) is 42.8 Å². The standard InChI is InChI=1S/C32H41BrN9O3P.C17H27N3O2.C15H15BrClN6OP.C7H8O3S/c1-21-16-28(42-10-8-23(9-11-42)41-12-14-45-15-13-41)29(44-3)18-26(21)37-32-34-19-24(33)31(38-32)36-25-7-6-22(17-30(25)46(4,5)43)27-20-35-40(2)39-27;1-13-11-16(17(21-2)12-15(13)18)20-5-3-14(4-6-20)19-7-9-22-10-8-19;1-23-19-8-12(22-23)9-4-5-11(13(6-9)25(2,3)24)20-14-10(16)7-18-15(17)21-14;1-6-2-4-7(5-3-6)11(8,9)10/h6-7,16-20,23H,8-15H2,1-5H3,(H2,34,36,37,38);11-12,14H,3-10,18H2,1-2H3;4-8H,1-3H3,(H,18,20,21);2-5H,1H3,(H,8,9,10). The van der Waals surface area contributed by atoms with Crippen LogP contribution in [0.2, 0.25) is 5.28 Å². The van der Waals surface area contributed by atoms with Crippen LogP contribution in [0, 0.1) is 20.8 Å². The van der Waals surface area contributed by atoms with Gasteiger partial charge in [-0.3, -0.25) is 14.4 Å². The molecule has 9 aromatic rings. The number of hydrogen-bond acceptors (Lipinski definition) is 24. The Morgan fingerprint density at radius 2 is 1.02 bits per heavy atom. The van der Waals surface area contributed by atoms with Crippen molar-refractivity contribution >= 4 is 130 Å². The van der Waals surface area contributed by atoms with Crippen LogP contribution in [0.25, 0.3) is 22.5 Å². The molecule has 0 amide bonds. The normalized spacial score (nSPS) is 15.7. The fraction of sp³-hybridized carbons (Fsp3) is 0.408. The van der Waals surface area contributed by atoms with Crippen LogP contribution in [0.15, 0.2) is 124 Å². The Morgan fingerprint density at radius 1 is 0.577 bits per heavy atom. The van der Waals surface area contributed by atoms with E-state index >= 15 is 0 Å². The number of benzene rings is 5. The van der Waals surface area contributed by atoms with Gasteiger partial charge in [-0.1, -0.05) is 29.8 Å². The summed E-state index contributed by atoms with van der Waals surface area (Å²) < 4.78 is 79.5. The van der Waals surface area contributed by atoms with Gasteiger partial charge in [-0.2, -0.15) is 48.4 Å². The molecule has 8 heterocycles. The van der Waals surface area contributed by atoms with Crippen LogP contribution >= 0.6 is 57.7 Å². The number of ether oxygens (including phenoxy) is 4. The minimum atomic E-state index is -4.02. The molecule has 0 radical (unpaired) electrons. The Kier molecular flexibility index (Phi) is 26.7. The highest BCUT2D eigenvalue weighted by Crippen LogP contribution is 2.43. The van der Waals surface area contributed by atoms with Crippen molar-refractivity contribution in [1.82, 2.24) is 59.7 Å². The molecular weight excluding hydrogens is 1540 g/mol. The van der Waals surface area contributed by atoms with Crippen molar-refractivity contribution in [3.8, 4) is 34.0 Å². The molecule has 104 heavy (non-hydrogen) atoms. The smallest absolute Gasteiger partial charge is 0.294 e. The summed E-state index contributed by atoms with van der Waals surface area (Å²) >= 11 is 12.8. The number of nitrogen functional groups attached to an aromatic ring is 1. The van der Waals surface area contributed by atoms with Gasteiger partial charge in [0, 0.05) is 136 Å². The highest BCUT2D eigenvalue weighted by Gasteiger charge is 2.30. The Hall–Kier alpha value is -7.60. The molecule has 4 aliphatic rings. The van der Waals surface area contributed by atoms with Crippen LogP contribution in [0.3, 0.4) is 0 Å². The molecule has 4 aromatic heterocycles. The Balaban J connectivity index is 0.000000168. The SMILES string of the molecule is COc1cc(N)c(C)cc1N1CCC(N2CCOCC2)CC1.COc1cc(Nc2ncc(Br)c(Nc3ccc(-c4cnn(C)n4)cc3P(C)(C)=O)n2)c(C)cc1N1CCC(N2CCOCC2)CC1.Cc1ccc(S(=O)(=O)O)cc1.Cn1ncc(-c2ccc(Nc3nc(Cl)ncc3Br)c(P(C)(C)=O)c2)n1. The van der Waals surface area contributed by atoms with E-state index in [-0.39, 0.29) is 10.2 Å². The van der Waals surface area contributed by atoms with Gasteiger partial charge < -0.3 is 59.6 Å². The fourth-order valence-electron chi connectivity index (χ4n) is 12.6. The summed E-state index contributed by atoms with van der Waals surface area (Å²) in [4.78, 5) is 30.3. The van der Waals surface area contributed by atoms with Gasteiger partial charge in [-0.05, 0) is 176 Å². The first-order valence-corrected chi connectivity index (χ1v) is 42.6. The van der Waals surface area contributed by atoms with E-state index in [9.17, 15) is 17.5 Å². The lowest BCUT2D eigenvalue weighted by Gasteiger charge is -2.41. The third kappa shape index (κ3) is 20.9. The number of anilines is 9. The topological polar surface area (TPSA) is 313 Å². The first kappa shape index (κ1) is 79.0. The van der Waals surface area contributed by atoms with E-state index in [1.165, 1.54) is 40.3 Å². The summed E-state index contributed by atoms with van der Waals surface area (Å²) in [7, 11) is -2.32. The number of rotatable bonds is 17. The molecule has 4 fully saturated rings. The lowest BCUT2D eigenvalue weighted by molar-refractivity contribution is 0.0114. The molecule has 33 heteroatoms. The van der Waals surface area contributed by atoms with Gasteiger partial charge in [0.05, 0.1) is 89.6 Å². The highest BCUT2D eigenvalue weighted by molar-refractivity contribution is 9.11. The number of nitrogens with one attached hydrogen (secondary N) is 3. The zero-order valence-corrected chi connectivity index (χ0v) is 66.9. The number of aromatic nitrogens is 10. The predicted octanol–water partition coefficient (Wildman–Crippen LogP) is 12.2. The molecule has 0 spiro atoms. The van der Waals surface area contributed by atoms with Gasteiger partial charge in [0.2, 0.25) is 11.2 Å². The van der Waals surface area contributed by atoms with Crippen LogP contribution in [0.4, 0.5) is 51.7 Å². The minimum Gasteiger partial charge on any atom is -0.495 e. The minimum absolute atomic E-state index is 0.0666. The second-order valence-corrected chi connectivity index (χ2v) is 36.3. The van der Waals surface area contributed by atoms with Crippen molar-refractivity contribution in [2.75, 3.05) is 151 Å². The third-order valence-corrected chi connectivity index (χ3v) is 23.6. The second-order valence-electron chi connectivity index (χ2n) is 26.4. The summed E-state index contributed by atoms with van der Waals surface area (Å²) in [6.07, 6.45) is 11.3. The summed E-state index contributed by atoms with van der Waals surface area (Å²) in [5.41, 5.74) is 17.6. The van der Waals surface area contributed by atoms with Crippen molar-refractivity contribution in [3.05, 3.63) is 141 Å². The van der Waals surface area contributed by atoms with Crippen LogP contribution in [0.5, 0.6) is 11.5 Å². The van der Waals surface area contributed by atoms with Crippen LogP contribution in [-0.4, -0.2) is 204 Å². The average Bonchev–Trinajstić information content (AvgIpc) is 0.855. The lowest BCUT2D eigenvalue weighted by Crippen LogP contribution is -2.49. The number of morpholine rings is 2. The summed E-state index contributed by atoms with van der Waals surface area (Å²) in [6, 6.07) is 26.9. The molecule has 0 saturated carbocycles. The molecule has 27 nitrogen and oxygen atoms in total. The number of nitrogens with zero attached hydrogens (tertiary/aromatic N) is 14. The lowest BCUT2D eigenvalue weighted by atomic mass is 10.0. The van der Waals surface area contributed by atoms with Gasteiger partial charge in [0.1, 0.15) is 48.8 Å². The first-order valence-electron chi connectivity index (χ1n) is 34.0. The van der Waals surface area contributed by atoms with Gasteiger partial charge in [-0.15, -0.1) is 0 Å². The monoisotopic (exact) mass is 1630 g/mol. The van der Waals surface area contributed by atoms with Crippen molar-refractivity contribution in [2.24, 2.45) is 14.1 Å². The van der Waals surface area contributed by atoms with Crippen LogP contribution in [0.1, 0.15) is 42.4 Å². The number of hydrogen-bond donors (Lipinski definition) is 5. The molecule has 556 valence electrons. The maximum atomic E-state index is 13.4. The van der Waals surface area contributed by atoms with Crippen molar-refractivity contribution in [2.45, 2.75) is 63.4 Å². The molecule has 4 saturated heterocycles. The molecule has 0 unspecified atom stereocenters. The number of methoxy groups -OCH3 is 2. The zero-order valence-electron chi connectivity index (χ0n) is 60.3. The van der Waals surface area contributed by atoms with Gasteiger partial charge in [0.25, 0.3) is 10.1 Å². The molecule has 0 aliphatic carbocycles. The quantitative estimate of drug-likeness (QED) is 0.0245. The van der Waals surface area contributed by atoms with E-state index in [4.69, 9.17) is 45.8 Å². The number of aryl methyl sites for hydroxylation is 5. The van der Waals surface area contributed by atoms with E-state index in [1.54, 1.807) is 91.9 Å². The average molecular weight is 1630 g/mol. The van der Waals surface area contributed by atoms with E-state index in [0.717, 1.165) is 154 Å². The molecular formula is C71H91Br2ClN18O9P2S. The predicted molar refractivity (Wildman–Crippen MR) is 421 cm³/mol. The van der Waals surface area contributed by atoms with Gasteiger partial charge in [-0.25, -0.2) is 9.97 Å². The van der Waals surface area contributed by atoms with Crippen molar-refractivity contribution in [1.29, 1.82) is 0 Å². The maximum absolute atomic E-state index is 13.4. The number of halogens is 3. The summed E-state index contributed by atoms with van der Waals surface area (Å²) in [6.45, 7) is 24.7. The molecule has 4 aliphatic heterocycles. The van der Waals surface area contributed by atoms with Crippen molar-refractivity contribution < 1.29 is 41.0 Å². The van der Waals surface area contributed by atoms with E-state index in [1.807, 2.05) is 55.5 Å². The molecule has 0 atom stereocenters. The van der Waals surface area contributed by atoms with Gasteiger partial charge in [0.15, 0.2) is 0 Å². The zero-order chi connectivity index (χ0) is 74.6. The van der Waals surface area contributed by atoms with Crippen molar-refractivity contribution in [3.63, 3.8) is 0 Å². The highest BCUT2D eigenvalue weighted by atomic mass is 79.9. The fourth-order valence-corrected chi connectivity index (χ4v) is 16.1. The largest absolute Gasteiger partial charge is 0.495 e. The third-order valence-electron chi connectivity index (χ3n) is 18.3. The van der Waals surface area contributed by atoms with E-state index in [0.29, 0.717) is 66.3 Å². The molecule has 0 bridgehead atoms. The van der Waals surface area contributed by atoms with Crippen LogP contribution < -0.4 is 51.6 Å². The Bertz CT molecular complexity index is 4660. The Morgan fingerprint density at radius 3 is 1.45 bits per heavy atom. The summed E-state index contributed by atoms with van der Waals surface area (Å²) in [5, 5.41) is 28.4. The molecule has 13 rings (SSSR count). The van der Waals surface area contributed by atoms with Gasteiger partial charge >= 0.3 is 0 Å².